The van der Waals surface area contributed by atoms with Crippen LogP contribution in [0, 0.1) is 6.92 Å². The van der Waals surface area contributed by atoms with Crippen molar-refractivity contribution in [3.8, 4) is 22.9 Å². The third-order valence-corrected chi connectivity index (χ3v) is 5.33. The van der Waals surface area contributed by atoms with Gasteiger partial charge in [0.2, 0.25) is 5.91 Å². The van der Waals surface area contributed by atoms with E-state index >= 15 is 0 Å². The monoisotopic (exact) mass is 422 g/mol. The highest BCUT2D eigenvalue weighted by atomic mass is 35.5. The fraction of sp³-hybridized carbons (Fsp3) is 0.278. The Bertz CT molecular complexity index is 1000. The molecular weight excluding hydrogens is 404 g/mol. The Hall–Kier alpha value is -2.65. The van der Waals surface area contributed by atoms with E-state index in [0.717, 1.165) is 11.3 Å². The number of aromatic nitrogens is 3. The van der Waals surface area contributed by atoms with Gasteiger partial charge in [0, 0.05) is 19.2 Å². The van der Waals surface area contributed by atoms with Gasteiger partial charge in [0.15, 0.2) is 11.0 Å². The zero-order valence-electron chi connectivity index (χ0n) is 15.8. The summed E-state index contributed by atoms with van der Waals surface area (Å²) in [6.45, 7) is 1.86. The van der Waals surface area contributed by atoms with Crippen molar-refractivity contribution in [2.24, 2.45) is 7.05 Å². The van der Waals surface area contributed by atoms with E-state index in [2.05, 4.69) is 15.5 Å². The van der Waals surface area contributed by atoms with E-state index in [1.165, 1.54) is 26.0 Å². The van der Waals surface area contributed by atoms with Gasteiger partial charge in [-0.25, -0.2) is 0 Å². The Morgan fingerprint density at radius 3 is 2.68 bits per heavy atom. The molecule has 28 heavy (non-hydrogen) atoms. The quantitative estimate of drug-likeness (QED) is 0.579. The number of halogens is 1. The minimum atomic E-state index is -0.225. The number of carbonyl (C=O) groups excluding carboxylic acids is 1. The van der Waals surface area contributed by atoms with Crippen LogP contribution < -0.4 is 14.8 Å². The normalized spacial score (nSPS) is 10.8. The molecule has 1 amide bonds. The molecule has 0 aliphatic heterocycles. The molecule has 0 aliphatic carbocycles. The number of ether oxygens (including phenoxy) is 2. The van der Waals surface area contributed by atoms with E-state index in [0.29, 0.717) is 33.2 Å². The number of methoxy groups -OCH3 is 2. The predicted octanol–water partition coefficient (Wildman–Crippen LogP) is 3.78. The van der Waals surface area contributed by atoms with Crippen LogP contribution in [0.25, 0.3) is 11.4 Å². The maximum Gasteiger partial charge on any atom is 0.234 e. The lowest BCUT2D eigenvalue weighted by Crippen LogP contribution is -2.15. The number of anilines is 1. The van der Waals surface area contributed by atoms with Crippen LogP contribution in [-0.2, 0) is 11.8 Å². The third kappa shape index (κ3) is 4.10. The second kappa shape index (κ2) is 8.57. The maximum atomic E-state index is 12.4. The number of rotatable bonds is 7. The average Bonchev–Trinajstić information content (AvgIpc) is 3.26. The van der Waals surface area contributed by atoms with Gasteiger partial charge < -0.3 is 23.8 Å². The molecule has 0 atom stereocenters. The molecule has 0 saturated heterocycles. The van der Waals surface area contributed by atoms with Gasteiger partial charge in [0.25, 0.3) is 0 Å². The van der Waals surface area contributed by atoms with Crippen molar-refractivity contribution >= 4 is 35.0 Å². The molecule has 10 heteroatoms. The van der Waals surface area contributed by atoms with Gasteiger partial charge in [-0.15, -0.1) is 10.2 Å². The average molecular weight is 423 g/mol. The zero-order valence-corrected chi connectivity index (χ0v) is 17.3. The molecular formula is C18H19ClN4O4S. The summed E-state index contributed by atoms with van der Waals surface area (Å²) in [6, 6.07) is 5.04. The Morgan fingerprint density at radius 2 is 2.04 bits per heavy atom. The summed E-state index contributed by atoms with van der Waals surface area (Å²) in [5.41, 5.74) is 1.34. The zero-order chi connectivity index (χ0) is 20.3. The Morgan fingerprint density at radius 1 is 1.29 bits per heavy atom. The molecule has 2 heterocycles. The number of amides is 1. The number of benzene rings is 1. The summed E-state index contributed by atoms with van der Waals surface area (Å²) in [7, 11) is 4.85. The van der Waals surface area contributed by atoms with Crippen molar-refractivity contribution < 1.29 is 18.7 Å². The standard InChI is InChI=1S/C18H19ClN4O4S/c1-10-11(5-6-27-10)17-21-22-18(23(17)2)28-9-16(24)20-13-8-14(25-3)12(19)7-15(13)26-4/h5-8H,9H2,1-4H3,(H,20,24). The van der Waals surface area contributed by atoms with Gasteiger partial charge in [-0.3, -0.25) is 4.79 Å². The van der Waals surface area contributed by atoms with Crippen LogP contribution >= 0.6 is 23.4 Å². The van der Waals surface area contributed by atoms with E-state index in [1.807, 2.05) is 24.6 Å². The van der Waals surface area contributed by atoms with E-state index in [1.54, 1.807) is 18.4 Å². The molecule has 0 radical (unpaired) electrons. The van der Waals surface area contributed by atoms with Crippen LogP contribution in [0.1, 0.15) is 5.76 Å². The molecule has 3 aromatic rings. The molecule has 1 N–H and O–H groups in total. The first-order valence-electron chi connectivity index (χ1n) is 8.22. The van der Waals surface area contributed by atoms with E-state index in [9.17, 15) is 4.79 Å². The highest BCUT2D eigenvalue weighted by Gasteiger charge is 2.17. The lowest BCUT2D eigenvalue weighted by molar-refractivity contribution is -0.113. The van der Waals surface area contributed by atoms with Crippen LogP contribution in [-0.4, -0.2) is 40.6 Å². The molecule has 1 aromatic carbocycles. The first-order valence-corrected chi connectivity index (χ1v) is 9.59. The molecule has 0 fully saturated rings. The summed E-state index contributed by atoms with van der Waals surface area (Å²) >= 11 is 7.36. The smallest absolute Gasteiger partial charge is 0.234 e. The fourth-order valence-corrected chi connectivity index (χ4v) is 3.51. The van der Waals surface area contributed by atoms with E-state index in [4.69, 9.17) is 25.5 Å². The van der Waals surface area contributed by atoms with Gasteiger partial charge in [-0.2, -0.15) is 0 Å². The van der Waals surface area contributed by atoms with Gasteiger partial charge in [-0.05, 0) is 13.0 Å². The van der Waals surface area contributed by atoms with Crippen LogP contribution in [0.2, 0.25) is 5.02 Å². The molecule has 8 nitrogen and oxygen atoms in total. The predicted molar refractivity (Wildman–Crippen MR) is 107 cm³/mol. The molecule has 0 unspecified atom stereocenters. The maximum absolute atomic E-state index is 12.4. The Labute approximate surface area is 171 Å². The number of aryl methyl sites for hydroxylation is 1. The van der Waals surface area contributed by atoms with Crippen LogP contribution in [0.5, 0.6) is 11.5 Å². The fourth-order valence-electron chi connectivity index (χ4n) is 2.57. The van der Waals surface area contributed by atoms with Crippen LogP contribution in [0.4, 0.5) is 5.69 Å². The summed E-state index contributed by atoms with van der Waals surface area (Å²) in [6.07, 6.45) is 1.60. The van der Waals surface area contributed by atoms with Crippen molar-refractivity contribution in [1.82, 2.24) is 14.8 Å². The van der Waals surface area contributed by atoms with E-state index < -0.39 is 0 Å². The second-order valence-corrected chi connectivity index (χ2v) is 7.13. The van der Waals surface area contributed by atoms with Crippen molar-refractivity contribution in [2.45, 2.75) is 12.1 Å². The van der Waals surface area contributed by atoms with Gasteiger partial charge in [0.05, 0.1) is 42.5 Å². The van der Waals surface area contributed by atoms with Crippen molar-refractivity contribution in [1.29, 1.82) is 0 Å². The summed E-state index contributed by atoms with van der Waals surface area (Å²) in [5.74, 6) is 2.24. The number of furan rings is 1. The van der Waals surface area contributed by atoms with Gasteiger partial charge in [0.1, 0.15) is 17.3 Å². The van der Waals surface area contributed by atoms with Crippen LogP contribution in [0.3, 0.4) is 0 Å². The lowest BCUT2D eigenvalue weighted by atomic mass is 10.2. The minimum absolute atomic E-state index is 0.143. The third-order valence-electron chi connectivity index (χ3n) is 4.02. The van der Waals surface area contributed by atoms with Gasteiger partial charge >= 0.3 is 0 Å². The summed E-state index contributed by atoms with van der Waals surface area (Å²) in [5, 5.41) is 12.2. The number of nitrogens with zero attached hydrogens (tertiary/aromatic N) is 3. The lowest BCUT2D eigenvalue weighted by Gasteiger charge is -2.13. The minimum Gasteiger partial charge on any atom is -0.495 e. The molecule has 0 saturated carbocycles. The molecule has 148 valence electrons. The number of hydrogen-bond acceptors (Lipinski definition) is 7. The number of thioether (sulfide) groups is 1. The molecule has 3 rings (SSSR count). The Balaban J connectivity index is 1.69. The van der Waals surface area contributed by atoms with Crippen LogP contribution in [0.15, 0.2) is 34.0 Å². The summed E-state index contributed by atoms with van der Waals surface area (Å²) < 4.78 is 17.6. The number of hydrogen-bond donors (Lipinski definition) is 1. The van der Waals surface area contributed by atoms with Crippen molar-refractivity contribution in [3.05, 3.63) is 35.2 Å². The molecule has 2 aromatic heterocycles. The number of nitrogens with one attached hydrogen (secondary N) is 1. The largest absolute Gasteiger partial charge is 0.495 e. The molecule has 0 aliphatic rings. The summed E-state index contributed by atoms with van der Waals surface area (Å²) in [4.78, 5) is 12.4. The highest BCUT2D eigenvalue weighted by molar-refractivity contribution is 7.99. The van der Waals surface area contributed by atoms with E-state index in [-0.39, 0.29) is 11.7 Å². The SMILES string of the molecule is COc1cc(NC(=O)CSc2nnc(-c3ccoc3C)n2C)c(OC)cc1Cl. The van der Waals surface area contributed by atoms with Crippen molar-refractivity contribution in [3.63, 3.8) is 0 Å². The highest BCUT2D eigenvalue weighted by Crippen LogP contribution is 2.36. The van der Waals surface area contributed by atoms with Crippen molar-refractivity contribution in [2.75, 3.05) is 25.3 Å². The molecule has 0 bridgehead atoms. The topological polar surface area (TPSA) is 91.4 Å². The first-order chi connectivity index (χ1) is 13.4. The molecule has 0 spiro atoms. The Kier molecular flexibility index (Phi) is 6.15. The second-order valence-electron chi connectivity index (χ2n) is 5.78. The number of carbonyl (C=O) groups is 1. The first kappa shape index (κ1) is 20.1. The van der Waals surface area contributed by atoms with Gasteiger partial charge in [-0.1, -0.05) is 23.4 Å².